The molecule has 0 unspecified atom stereocenters. The number of amides is 4. The van der Waals surface area contributed by atoms with Crippen LogP contribution in [0.4, 0.5) is 19.3 Å². The summed E-state index contributed by atoms with van der Waals surface area (Å²) in [6.07, 6.45) is 6.99. The number of nitrogens with zero attached hydrogens (tertiary/aromatic N) is 2. The number of rotatable bonds is 5. The molecule has 206 valence electrons. The Labute approximate surface area is 231 Å². The van der Waals surface area contributed by atoms with E-state index < -0.39 is 22.9 Å². The first kappa shape index (κ1) is 27.3. The van der Waals surface area contributed by atoms with Crippen molar-refractivity contribution in [3.8, 4) is 0 Å². The number of hydrogen-bond acceptors (Lipinski definition) is 4. The number of anilines is 1. The monoisotopic (exact) mass is 556 g/mol. The number of halogens is 3. The van der Waals surface area contributed by atoms with Gasteiger partial charge in [-0.05, 0) is 62.1 Å². The number of urea groups is 1. The Balaban J connectivity index is 1.42. The SMILES string of the molecule is C[C@@]1(Cc2ccc(F)cc2)CNCCN1C(=O)C=Cc1cc(F)c(Cl)cc1N1C(=O)NC2(CCCCC2)C1=O. The molecule has 5 rings (SSSR count). The zero-order valence-electron chi connectivity index (χ0n) is 21.7. The Bertz CT molecular complexity index is 1330. The van der Waals surface area contributed by atoms with Crippen LogP contribution in [0.3, 0.4) is 0 Å². The van der Waals surface area contributed by atoms with Gasteiger partial charge in [-0.2, -0.15) is 0 Å². The van der Waals surface area contributed by atoms with E-state index in [1.54, 1.807) is 17.0 Å². The molecule has 0 radical (unpaired) electrons. The molecule has 2 saturated heterocycles. The van der Waals surface area contributed by atoms with Crippen molar-refractivity contribution in [2.45, 2.75) is 56.5 Å². The molecule has 10 heteroatoms. The maximum absolute atomic E-state index is 14.6. The van der Waals surface area contributed by atoms with Crippen molar-refractivity contribution < 1.29 is 23.2 Å². The van der Waals surface area contributed by atoms with Crippen LogP contribution in [0.15, 0.2) is 42.5 Å². The van der Waals surface area contributed by atoms with E-state index >= 15 is 0 Å². The largest absolute Gasteiger partial charge is 0.331 e. The van der Waals surface area contributed by atoms with Gasteiger partial charge in [-0.25, -0.2) is 18.5 Å². The van der Waals surface area contributed by atoms with Crippen molar-refractivity contribution in [1.29, 1.82) is 0 Å². The molecule has 2 heterocycles. The summed E-state index contributed by atoms with van der Waals surface area (Å²) in [7, 11) is 0. The van der Waals surface area contributed by atoms with E-state index in [0.29, 0.717) is 38.9 Å². The fourth-order valence-corrected chi connectivity index (χ4v) is 6.11. The number of benzene rings is 2. The summed E-state index contributed by atoms with van der Waals surface area (Å²) >= 11 is 6.07. The van der Waals surface area contributed by atoms with Crippen LogP contribution in [0.1, 0.15) is 50.2 Å². The third kappa shape index (κ3) is 5.30. The standard InChI is InChI=1S/C29H31ClF2N4O3/c1-28(17-19-5-8-21(31)9-6-19)18-33-13-14-35(28)25(37)10-7-20-15-23(32)22(30)16-24(20)36-26(38)29(34-27(36)39)11-3-2-4-12-29/h5-10,15-16,33H,2-4,11-14,17-18H2,1H3,(H,34,39)/t28-/m1/s1. The van der Waals surface area contributed by atoms with Gasteiger partial charge in [0.1, 0.15) is 17.2 Å². The van der Waals surface area contributed by atoms with Gasteiger partial charge in [-0.1, -0.05) is 43.0 Å². The Kier molecular flexibility index (Phi) is 7.48. The van der Waals surface area contributed by atoms with Crippen molar-refractivity contribution in [3.05, 3.63) is 70.3 Å². The van der Waals surface area contributed by atoms with E-state index in [0.717, 1.165) is 35.8 Å². The molecule has 2 aromatic carbocycles. The van der Waals surface area contributed by atoms with Crippen LogP contribution in [-0.4, -0.2) is 53.5 Å². The Morgan fingerprint density at radius 3 is 2.54 bits per heavy atom. The second-order valence-corrected chi connectivity index (χ2v) is 11.2. The first-order valence-electron chi connectivity index (χ1n) is 13.2. The van der Waals surface area contributed by atoms with Gasteiger partial charge in [-0.3, -0.25) is 9.59 Å². The van der Waals surface area contributed by atoms with E-state index in [4.69, 9.17) is 11.6 Å². The van der Waals surface area contributed by atoms with E-state index in [-0.39, 0.29) is 33.9 Å². The van der Waals surface area contributed by atoms with Crippen LogP contribution in [0.2, 0.25) is 5.02 Å². The number of hydrogen-bond donors (Lipinski definition) is 2. The fraction of sp³-hybridized carbons (Fsp3) is 0.414. The van der Waals surface area contributed by atoms with Gasteiger partial charge in [0, 0.05) is 31.3 Å². The summed E-state index contributed by atoms with van der Waals surface area (Å²) in [5.74, 6) is -1.74. The molecule has 1 aliphatic carbocycles. The molecule has 4 amide bonds. The van der Waals surface area contributed by atoms with E-state index in [9.17, 15) is 23.2 Å². The van der Waals surface area contributed by atoms with Gasteiger partial charge in [-0.15, -0.1) is 0 Å². The molecular formula is C29H31ClF2N4O3. The molecule has 1 saturated carbocycles. The summed E-state index contributed by atoms with van der Waals surface area (Å²) in [6, 6.07) is 7.99. The van der Waals surface area contributed by atoms with Crippen molar-refractivity contribution >= 4 is 41.2 Å². The fourth-order valence-electron chi connectivity index (χ4n) is 5.95. The quantitative estimate of drug-likeness (QED) is 0.408. The maximum Gasteiger partial charge on any atom is 0.329 e. The third-order valence-electron chi connectivity index (χ3n) is 8.02. The summed E-state index contributed by atoms with van der Waals surface area (Å²) in [5.41, 5.74) is -0.344. The number of piperazine rings is 1. The zero-order chi connectivity index (χ0) is 27.8. The number of carbonyl (C=O) groups excluding carboxylic acids is 3. The van der Waals surface area contributed by atoms with Crippen LogP contribution >= 0.6 is 11.6 Å². The van der Waals surface area contributed by atoms with Gasteiger partial charge in [0.15, 0.2) is 0 Å². The first-order valence-corrected chi connectivity index (χ1v) is 13.6. The molecule has 0 aromatic heterocycles. The van der Waals surface area contributed by atoms with Crippen LogP contribution < -0.4 is 15.5 Å². The second kappa shape index (κ2) is 10.7. The van der Waals surface area contributed by atoms with E-state index in [1.807, 2.05) is 6.92 Å². The lowest BCUT2D eigenvalue weighted by molar-refractivity contribution is -0.132. The summed E-state index contributed by atoms with van der Waals surface area (Å²) in [6.45, 7) is 3.54. The van der Waals surface area contributed by atoms with Crippen molar-refractivity contribution in [2.24, 2.45) is 0 Å². The van der Waals surface area contributed by atoms with Crippen LogP contribution in [0.5, 0.6) is 0 Å². The molecule has 3 aliphatic rings. The molecule has 0 bridgehead atoms. The average molecular weight is 557 g/mol. The lowest BCUT2D eigenvalue weighted by Gasteiger charge is -2.45. The normalized spacial score (nSPS) is 23.1. The predicted molar refractivity (Wildman–Crippen MR) is 145 cm³/mol. The van der Waals surface area contributed by atoms with Crippen molar-refractivity contribution in [2.75, 3.05) is 24.5 Å². The minimum absolute atomic E-state index is 0.129. The highest BCUT2D eigenvalue weighted by atomic mass is 35.5. The molecular weight excluding hydrogens is 526 g/mol. The smallest absolute Gasteiger partial charge is 0.329 e. The number of nitrogens with one attached hydrogen (secondary N) is 2. The van der Waals surface area contributed by atoms with Gasteiger partial charge >= 0.3 is 6.03 Å². The van der Waals surface area contributed by atoms with Gasteiger partial charge in [0.05, 0.1) is 16.2 Å². The predicted octanol–water partition coefficient (Wildman–Crippen LogP) is 4.82. The lowest BCUT2D eigenvalue weighted by atomic mass is 9.81. The molecule has 2 aliphatic heterocycles. The molecule has 2 aromatic rings. The van der Waals surface area contributed by atoms with E-state index in [2.05, 4.69) is 10.6 Å². The highest BCUT2D eigenvalue weighted by Gasteiger charge is 2.52. The molecule has 2 N–H and O–H groups in total. The molecule has 3 fully saturated rings. The van der Waals surface area contributed by atoms with Gasteiger partial charge < -0.3 is 15.5 Å². The Morgan fingerprint density at radius 1 is 1.10 bits per heavy atom. The third-order valence-corrected chi connectivity index (χ3v) is 8.31. The second-order valence-electron chi connectivity index (χ2n) is 10.8. The molecule has 1 spiro atoms. The van der Waals surface area contributed by atoms with Crippen LogP contribution in [0, 0.1) is 11.6 Å². The average Bonchev–Trinajstić information content (AvgIpc) is 3.14. The highest BCUT2D eigenvalue weighted by Crippen LogP contribution is 2.38. The highest BCUT2D eigenvalue weighted by molar-refractivity contribution is 6.32. The number of imide groups is 1. The maximum atomic E-state index is 14.6. The summed E-state index contributed by atoms with van der Waals surface area (Å²) in [5, 5.41) is 5.94. The van der Waals surface area contributed by atoms with Crippen molar-refractivity contribution in [3.63, 3.8) is 0 Å². The molecule has 7 nitrogen and oxygen atoms in total. The molecule has 39 heavy (non-hydrogen) atoms. The molecule has 1 atom stereocenters. The number of carbonyl (C=O) groups is 3. The van der Waals surface area contributed by atoms with Crippen LogP contribution in [0.25, 0.3) is 6.08 Å². The van der Waals surface area contributed by atoms with Gasteiger partial charge in [0.25, 0.3) is 5.91 Å². The van der Waals surface area contributed by atoms with Gasteiger partial charge in [0.2, 0.25) is 5.91 Å². The Hall–Kier alpha value is -3.30. The van der Waals surface area contributed by atoms with Crippen molar-refractivity contribution in [1.82, 2.24) is 15.5 Å². The van der Waals surface area contributed by atoms with E-state index in [1.165, 1.54) is 30.4 Å². The first-order chi connectivity index (χ1) is 18.6. The minimum Gasteiger partial charge on any atom is -0.331 e. The Morgan fingerprint density at radius 2 is 1.82 bits per heavy atom. The van der Waals surface area contributed by atoms with Crippen LogP contribution in [-0.2, 0) is 16.0 Å². The lowest BCUT2D eigenvalue weighted by Crippen LogP contribution is -2.62. The summed E-state index contributed by atoms with van der Waals surface area (Å²) < 4.78 is 28.0. The minimum atomic E-state index is -0.962. The zero-order valence-corrected chi connectivity index (χ0v) is 22.5. The topological polar surface area (TPSA) is 81.8 Å². The summed E-state index contributed by atoms with van der Waals surface area (Å²) in [4.78, 5) is 42.7.